The number of sulfonamides is 1. The summed E-state index contributed by atoms with van der Waals surface area (Å²) in [5.74, 6) is 0.190. The first-order valence-electron chi connectivity index (χ1n) is 6.21. The van der Waals surface area contributed by atoms with Crippen molar-refractivity contribution >= 4 is 21.6 Å². The number of halogens is 1. The average molecular weight is 304 g/mol. The van der Waals surface area contributed by atoms with Gasteiger partial charge in [-0.2, -0.15) is 0 Å². The topological polar surface area (TPSA) is 66.4 Å². The number of hydrogen-bond acceptors (Lipinski definition) is 3. The van der Waals surface area contributed by atoms with E-state index in [0.29, 0.717) is 10.6 Å². The second kappa shape index (κ2) is 5.05. The first-order chi connectivity index (χ1) is 8.74. The Balaban J connectivity index is 2.16. The Morgan fingerprint density at radius 1 is 1.47 bits per heavy atom. The molecular formula is C13H18ClNO3S. The van der Waals surface area contributed by atoms with Gasteiger partial charge in [0.1, 0.15) is 0 Å². The highest BCUT2D eigenvalue weighted by Gasteiger charge is 2.40. The number of rotatable bonds is 5. The summed E-state index contributed by atoms with van der Waals surface area (Å²) in [6.45, 7) is 3.35. The van der Waals surface area contributed by atoms with Crippen molar-refractivity contribution in [2.75, 3.05) is 6.54 Å². The molecule has 0 aromatic heterocycles. The van der Waals surface area contributed by atoms with Crippen molar-refractivity contribution in [1.29, 1.82) is 0 Å². The zero-order valence-corrected chi connectivity index (χ0v) is 12.6. The predicted octanol–water partition coefficient (Wildman–Crippen LogP) is 2.09. The fourth-order valence-electron chi connectivity index (χ4n) is 2.05. The molecule has 0 heterocycles. The van der Waals surface area contributed by atoms with Gasteiger partial charge in [-0.25, -0.2) is 13.1 Å². The number of aliphatic hydroxyl groups is 1. The lowest BCUT2D eigenvalue weighted by Crippen LogP contribution is -2.42. The van der Waals surface area contributed by atoms with Crippen LogP contribution in [0.25, 0.3) is 0 Å². The third-order valence-corrected chi connectivity index (χ3v) is 5.54. The highest BCUT2D eigenvalue weighted by atomic mass is 35.5. The van der Waals surface area contributed by atoms with Crippen molar-refractivity contribution in [2.24, 2.45) is 5.92 Å². The Kier molecular flexibility index (Phi) is 3.93. The minimum Gasteiger partial charge on any atom is -0.389 e. The second-order valence-electron chi connectivity index (χ2n) is 5.32. The number of nitrogens with one attached hydrogen (secondary N) is 1. The first-order valence-corrected chi connectivity index (χ1v) is 8.07. The first kappa shape index (κ1) is 14.8. The summed E-state index contributed by atoms with van der Waals surface area (Å²) in [5, 5.41) is 10.5. The zero-order chi connectivity index (χ0) is 14.3. The molecule has 6 heteroatoms. The highest BCUT2D eigenvalue weighted by molar-refractivity contribution is 7.89. The molecule has 1 aromatic carbocycles. The lowest BCUT2D eigenvalue weighted by Gasteiger charge is -2.23. The van der Waals surface area contributed by atoms with Crippen LogP contribution in [-0.4, -0.2) is 25.7 Å². The molecule has 1 aromatic rings. The molecule has 0 saturated heterocycles. The van der Waals surface area contributed by atoms with Crippen LogP contribution in [0, 0.1) is 12.8 Å². The highest BCUT2D eigenvalue weighted by Crippen LogP contribution is 2.39. The van der Waals surface area contributed by atoms with Crippen molar-refractivity contribution in [3.05, 3.63) is 28.8 Å². The fraction of sp³-hybridized carbons (Fsp3) is 0.538. The third-order valence-electron chi connectivity index (χ3n) is 3.58. The van der Waals surface area contributed by atoms with E-state index in [1.807, 2.05) is 0 Å². The zero-order valence-electron chi connectivity index (χ0n) is 11.0. The van der Waals surface area contributed by atoms with Gasteiger partial charge >= 0.3 is 0 Å². The maximum Gasteiger partial charge on any atom is 0.240 e. The van der Waals surface area contributed by atoms with Gasteiger partial charge in [0.15, 0.2) is 0 Å². The number of benzene rings is 1. The van der Waals surface area contributed by atoms with Crippen molar-refractivity contribution in [1.82, 2.24) is 4.72 Å². The maximum atomic E-state index is 12.2. The quantitative estimate of drug-likeness (QED) is 0.875. The van der Waals surface area contributed by atoms with Crippen LogP contribution in [0.5, 0.6) is 0 Å². The Hall–Kier alpha value is -0.620. The Morgan fingerprint density at radius 3 is 2.68 bits per heavy atom. The van der Waals surface area contributed by atoms with E-state index in [1.54, 1.807) is 26.0 Å². The van der Waals surface area contributed by atoms with Gasteiger partial charge in [0.2, 0.25) is 10.0 Å². The van der Waals surface area contributed by atoms with Crippen LogP contribution in [0.2, 0.25) is 5.02 Å². The standard InChI is InChI=1S/C13H18ClNO3S/c1-9-11(14)4-3-5-12(9)19(17,18)15-8-13(2,16)10-6-7-10/h3-5,10,15-16H,6-8H2,1-2H3. The van der Waals surface area contributed by atoms with Gasteiger partial charge in [-0.1, -0.05) is 17.7 Å². The van der Waals surface area contributed by atoms with Gasteiger partial charge in [-0.3, -0.25) is 0 Å². The maximum absolute atomic E-state index is 12.2. The minimum atomic E-state index is -3.65. The van der Waals surface area contributed by atoms with Crippen molar-refractivity contribution < 1.29 is 13.5 Å². The molecule has 0 bridgehead atoms. The summed E-state index contributed by atoms with van der Waals surface area (Å²) in [6, 6.07) is 4.76. The molecule has 4 nitrogen and oxygen atoms in total. The van der Waals surface area contributed by atoms with Crippen molar-refractivity contribution in [2.45, 2.75) is 37.2 Å². The van der Waals surface area contributed by atoms with Crippen LogP contribution in [0.3, 0.4) is 0 Å². The minimum absolute atomic E-state index is 0.0198. The summed E-state index contributed by atoms with van der Waals surface area (Å²) in [6.07, 6.45) is 1.90. The van der Waals surface area contributed by atoms with E-state index in [0.717, 1.165) is 12.8 Å². The molecule has 2 rings (SSSR count). The summed E-state index contributed by atoms with van der Waals surface area (Å²) in [4.78, 5) is 0.159. The number of hydrogen-bond donors (Lipinski definition) is 2. The Bertz CT molecular complexity index is 580. The molecule has 19 heavy (non-hydrogen) atoms. The van der Waals surface area contributed by atoms with Crippen molar-refractivity contribution in [3.8, 4) is 0 Å². The molecule has 1 fully saturated rings. The second-order valence-corrected chi connectivity index (χ2v) is 7.46. The van der Waals surface area contributed by atoms with Gasteiger partial charge in [-0.15, -0.1) is 0 Å². The van der Waals surface area contributed by atoms with Gasteiger partial charge < -0.3 is 5.11 Å². The lowest BCUT2D eigenvalue weighted by molar-refractivity contribution is 0.0422. The fourth-order valence-corrected chi connectivity index (χ4v) is 3.69. The molecule has 1 saturated carbocycles. The summed E-state index contributed by atoms with van der Waals surface area (Å²) in [7, 11) is -3.65. The molecule has 0 amide bonds. The van der Waals surface area contributed by atoms with Gasteiger partial charge in [0.05, 0.1) is 10.5 Å². The van der Waals surface area contributed by atoms with Crippen LogP contribution in [0.15, 0.2) is 23.1 Å². The largest absolute Gasteiger partial charge is 0.389 e. The van der Waals surface area contributed by atoms with Crippen LogP contribution in [0.4, 0.5) is 0 Å². The molecule has 2 N–H and O–H groups in total. The molecule has 0 radical (unpaired) electrons. The smallest absolute Gasteiger partial charge is 0.240 e. The van der Waals surface area contributed by atoms with E-state index in [9.17, 15) is 13.5 Å². The van der Waals surface area contributed by atoms with E-state index < -0.39 is 15.6 Å². The average Bonchev–Trinajstić information content (AvgIpc) is 3.14. The lowest BCUT2D eigenvalue weighted by atomic mass is 10.0. The van der Waals surface area contributed by atoms with E-state index in [4.69, 9.17) is 11.6 Å². The monoisotopic (exact) mass is 303 g/mol. The SMILES string of the molecule is Cc1c(Cl)cccc1S(=O)(=O)NCC(C)(O)C1CC1. The Labute approximate surface area is 118 Å². The van der Waals surface area contributed by atoms with Crippen molar-refractivity contribution in [3.63, 3.8) is 0 Å². The van der Waals surface area contributed by atoms with E-state index in [1.165, 1.54) is 6.07 Å². The normalized spacial score (nSPS) is 19.2. The van der Waals surface area contributed by atoms with Gasteiger partial charge in [0.25, 0.3) is 0 Å². The molecule has 1 aliphatic rings. The molecular weight excluding hydrogens is 286 g/mol. The third kappa shape index (κ3) is 3.28. The van der Waals surface area contributed by atoms with Crippen LogP contribution < -0.4 is 4.72 Å². The summed E-state index contributed by atoms with van der Waals surface area (Å²) in [5.41, 5.74) is -0.470. The molecule has 0 spiro atoms. The van der Waals surface area contributed by atoms with Gasteiger partial charge in [0, 0.05) is 11.6 Å². The predicted molar refractivity (Wildman–Crippen MR) is 74.7 cm³/mol. The molecule has 106 valence electrons. The molecule has 1 unspecified atom stereocenters. The van der Waals surface area contributed by atoms with Crippen LogP contribution in [0.1, 0.15) is 25.3 Å². The Morgan fingerprint density at radius 2 is 2.11 bits per heavy atom. The summed E-state index contributed by atoms with van der Waals surface area (Å²) < 4.78 is 26.9. The molecule has 1 atom stereocenters. The summed E-state index contributed by atoms with van der Waals surface area (Å²) >= 11 is 5.93. The van der Waals surface area contributed by atoms with Crippen LogP contribution >= 0.6 is 11.6 Å². The molecule has 0 aliphatic heterocycles. The van der Waals surface area contributed by atoms with Gasteiger partial charge in [-0.05, 0) is 50.3 Å². The van der Waals surface area contributed by atoms with E-state index >= 15 is 0 Å². The molecule has 1 aliphatic carbocycles. The van der Waals surface area contributed by atoms with E-state index in [-0.39, 0.29) is 17.4 Å². The van der Waals surface area contributed by atoms with Crippen LogP contribution in [-0.2, 0) is 10.0 Å². The van der Waals surface area contributed by atoms with E-state index in [2.05, 4.69) is 4.72 Å².